The molecule has 0 aliphatic carbocycles. The van der Waals surface area contributed by atoms with Crippen LogP contribution in [0.15, 0.2) is 53.4 Å². The third-order valence-corrected chi connectivity index (χ3v) is 5.37. The molecule has 144 valence electrons. The van der Waals surface area contributed by atoms with Crippen molar-refractivity contribution in [1.29, 1.82) is 0 Å². The lowest BCUT2D eigenvalue weighted by molar-refractivity contribution is -0.385. The summed E-state index contributed by atoms with van der Waals surface area (Å²) in [5.74, 6) is 0.547. The van der Waals surface area contributed by atoms with E-state index in [0.717, 1.165) is 16.8 Å². The van der Waals surface area contributed by atoms with Crippen molar-refractivity contribution in [2.75, 3.05) is 17.5 Å². The van der Waals surface area contributed by atoms with Crippen LogP contribution in [0, 0.1) is 10.1 Å². The number of benzene rings is 2. The van der Waals surface area contributed by atoms with Crippen LogP contribution >= 0.6 is 11.6 Å². The monoisotopic (exact) mass is 412 g/mol. The van der Waals surface area contributed by atoms with Gasteiger partial charge in [-0.25, -0.2) is 8.42 Å². The van der Waals surface area contributed by atoms with Gasteiger partial charge in [0.15, 0.2) is 0 Å². The van der Waals surface area contributed by atoms with Gasteiger partial charge in [-0.05, 0) is 48.4 Å². The highest BCUT2D eigenvalue weighted by molar-refractivity contribution is 7.92. The Morgan fingerprint density at radius 2 is 1.89 bits per heavy atom. The fraction of sp³-hybridized carbons (Fsp3) is 0.235. The Morgan fingerprint density at radius 1 is 1.22 bits per heavy atom. The van der Waals surface area contributed by atoms with Gasteiger partial charge < -0.3 is 4.74 Å². The molecule has 2 aromatic carbocycles. The number of halogens is 1. The normalized spacial score (nSPS) is 11.0. The zero-order valence-corrected chi connectivity index (χ0v) is 15.9. The molecule has 0 amide bonds. The van der Waals surface area contributed by atoms with Crippen molar-refractivity contribution in [2.45, 2.75) is 18.2 Å². The molecule has 0 radical (unpaired) electrons. The van der Waals surface area contributed by atoms with Gasteiger partial charge in [0.05, 0.1) is 22.1 Å². The Hall–Kier alpha value is -2.65. The third-order valence-electron chi connectivity index (χ3n) is 3.48. The van der Waals surface area contributed by atoms with Crippen LogP contribution in [0.1, 0.15) is 13.3 Å². The minimum absolute atomic E-state index is 0.180. The van der Waals surface area contributed by atoms with Crippen LogP contribution in [0.2, 0.25) is 0 Å². The third kappa shape index (κ3) is 5.18. The SMILES string of the molecule is CCCOc1ccc(N(CC(=O)Cl)S(=O)(=O)c2cccc([N+](=O)[O-])c2)cc1. The lowest BCUT2D eigenvalue weighted by atomic mass is 10.3. The Kier molecular flexibility index (Phi) is 6.75. The van der Waals surface area contributed by atoms with Crippen molar-refractivity contribution < 1.29 is 22.9 Å². The first-order valence-electron chi connectivity index (χ1n) is 7.94. The van der Waals surface area contributed by atoms with Crippen LogP contribution in [0.3, 0.4) is 0 Å². The highest BCUT2D eigenvalue weighted by atomic mass is 35.5. The number of rotatable bonds is 9. The number of non-ortho nitro benzene ring substituents is 1. The molecule has 0 unspecified atom stereocenters. The average Bonchev–Trinajstić information content (AvgIpc) is 2.65. The molecule has 2 aromatic rings. The Morgan fingerprint density at radius 3 is 2.44 bits per heavy atom. The number of nitro groups is 1. The van der Waals surface area contributed by atoms with Crippen LogP contribution in [-0.2, 0) is 14.8 Å². The summed E-state index contributed by atoms with van der Waals surface area (Å²) in [6.45, 7) is 1.84. The number of hydrogen-bond donors (Lipinski definition) is 0. The van der Waals surface area contributed by atoms with E-state index in [4.69, 9.17) is 16.3 Å². The second-order valence-electron chi connectivity index (χ2n) is 5.46. The van der Waals surface area contributed by atoms with Gasteiger partial charge in [-0.15, -0.1) is 0 Å². The molecule has 0 aliphatic rings. The summed E-state index contributed by atoms with van der Waals surface area (Å²) in [6, 6.07) is 10.7. The van der Waals surface area contributed by atoms with Gasteiger partial charge in [-0.3, -0.25) is 19.2 Å². The molecule has 0 spiro atoms. The Labute approximate surface area is 161 Å². The first kappa shape index (κ1) is 20.7. The molecular weight excluding hydrogens is 396 g/mol. The van der Waals surface area contributed by atoms with Crippen LogP contribution in [0.25, 0.3) is 0 Å². The van der Waals surface area contributed by atoms with Gasteiger partial charge in [0.25, 0.3) is 15.7 Å². The van der Waals surface area contributed by atoms with Crippen LogP contribution < -0.4 is 9.04 Å². The summed E-state index contributed by atoms with van der Waals surface area (Å²) in [5, 5.41) is 10.0. The predicted molar refractivity (Wildman–Crippen MR) is 101 cm³/mol. The number of carbonyl (C=O) groups is 1. The van der Waals surface area contributed by atoms with Gasteiger partial charge in [0.2, 0.25) is 5.24 Å². The topological polar surface area (TPSA) is 107 Å². The molecule has 0 N–H and O–H groups in total. The number of carbonyl (C=O) groups excluding carboxylic acids is 1. The number of ether oxygens (including phenoxy) is 1. The van der Waals surface area contributed by atoms with Gasteiger partial charge in [-0.2, -0.15) is 0 Å². The van der Waals surface area contributed by atoms with Crippen LogP contribution in [0.4, 0.5) is 11.4 Å². The number of anilines is 1. The molecule has 0 saturated carbocycles. The van der Waals surface area contributed by atoms with Gasteiger partial charge in [-0.1, -0.05) is 13.0 Å². The lowest BCUT2D eigenvalue weighted by Gasteiger charge is -2.23. The summed E-state index contributed by atoms with van der Waals surface area (Å²) >= 11 is 5.42. The molecule has 0 heterocycles. The maximum absolute atomic E-state index is 13.0. The first-order valence-corrected chi connectivity index (χ1v) is 9.76. The van der Waals surface area contributed by atoms with Gasteiger partial charge >= 0.3 is 0 Å². The fourth-order valence-electron chi connectivity index (χ4n) is 2.24. The number of nitro benzene ring substituents is 1. The molecule has 0 atom stereocenters. The molecule has 0 fully saturated rings. The summed E-state index contributed by atoms with van der Waals surface area (Å²) in [7, 11) is -4.25. The van der Waals surface area contributed by atoms with E-state index >= 15 is 0 Å². The number of hydrogen-bond acceptors (Lipinski definition) is 6. The minimum Gasteiger partial charge on any atom is -0.494 e. The molecule has 27 heavy (non-hydrogen) atoms. The van der Waals surface area contributed by atoms with E-state index < -0.39 is 26.7 Å². The summed E-state index contributed by atoms with van der Waals surface area (Å²) in [6.07, 6.45) is 0.815. The van der Waals surface area contributed by atoms with E-state index in [1.807, 2.05) is 6.92 Å². The highest BCUT2D eigenvalue weighted by Crippen LogP contribution is 2.27. The molecule has 0 bridgehead atoms. The quantitative estimate of drug-likeness (QED) is 0.355. The molecule has 0 aromatic heterocycles. The van der Waals surface area contributed by atoms with E-state index in [2.05, 4.69) is 0 Å². The van der Waals surface area contributed by atoms with E-state index in [1.165, 1.54) is 30.3 Å². The number of sulfonamides is 1. The molecule has 10 heteroatoms. The molecule has 0 aliphatic heterocycles. The molecule has 8 nitrogen and oxygen atoms in total. The second kappa shape index (κ2) is 8.83. The van der Waals surface area contributed by atoms with E-state index in [9.17, 15) is 23.3 Å². The lowest BCUT2D eigenvalue weighted by Crippen LogP contribution is -2.34. The van der Waals surface area contributed by atoms with Gasteiger partial charge in [0.1, 0.15) is 12.3 Å². The van der Waals surface area contributed by atoms with E-state index in [-0.39, 0.29) is 16.3 Å². The second-order valence-corrected chi connectivity index (χ2v) is 7.75. The molecule has 0 saturated heterocycles. The van der Waals surface area contributed by atoms with E-state index in [0.29, 0.717) is 12.4 Å². The van der Waals surface area contributed by atoms with Crippen molar-refractivity contribution in [3.63, 3.8) is 0 Å². The molecule has 2 rings (SSSR count). The average molecular weight is 413 g/mol. The standard InChI is InChI=1S/C17H17ClN2O6S/c1-2-10-26-15-8-6-13(7-9-15)19(12-17(18)21)27(24,25)16-5-3-4-14(11-16)20(22)23/h3-9,11H,2,10,12H2,1H3. The largest absolute Gasteiger partial charge is 0.494 e. The smallest absolute Gasteiger partial charge is 0.270 e. The Bertz CT molecular complexity index is 931. The zero-order valence-electron chi connectivity index (χ0n) is 14.4. The zero-order chi connectivity index (χ0) is 20.0. The highest BCUT2D eigenvalue weighted by Gasteiger charge is 2.28. The number of nitrogens with zero attached hydrogens (tertiary/aromatic N) is 2. The predicted octanol–water partition coefficient (Wildman–Crippen LogP) is 3.34. The van der Waals surface area contributed by atoms with E-state index in [1.54, 1.807) is 12.1 Å². The first-order chi connectivity index (χ1) is 12.8. The molecular formula is C17H17ClN2O6S. The van der Waals surface area contributed by atoms with Gasteiger partial charge in [0, 0.05) is 12.1 Å². The van der Waals surface area contributed by atoms with Crippen molar-refractivity contribution in [1.82, 2.24) is 0 Å². The summed E-state index contributed by atoms with van der Waals surface area (Å²) in [4.78, 5) is 21.3. The van der Waals surface area contributed by atoms with Crippen molar-refractivity contribution in [2.24, 2.45) is 0 Å². The summed E-state index contributed by atoms with van der Waals surface area (Å²) in [5.41, 5.74) is -0.198. The van der Waals surface area contributed by atoms with Crippen molar-refractivity contribution >= 4 is 38.2 Å². The van der Waals surface area contributed by atoms with Crippen LogP contribution in [0.5, 0.6) is 5.75 Å². The van der Waals surface area contributed by atoms with Crippen LogP contribution in [-0.4, -0.2) is 31.7 Å². The van der Waals surface area contributed by atoms with Crippen molar-refractivity contribution in [3.05, 3.63) is 58.6 Å². The fourth-order valence-corrected chi connectivity index (χ4v) is 3.89. The maximum atomic E-state index is 13.0. The van der Waals surface area contributed by atoms with Crippen molar-refractivity contribution in [3.8, 4) is 5.75 Å². The summed E-state index contributed by atoms with van der Waals surface area (Å²) < 4.78 is 32.2. The minimum atomic E-state index is -4.25. The maximum Gasteiger partial charge on any atom is 0.270 e. The Balaban J connectivity index is 2.44.